The van der Waals surface area contributed by atoms with Crippen LogP contribution in [0, 0.1) is 6.92 Å². The molecule has 1 aromatic heterocycles. The highest BCUT2D eigenvalue weighted by molar-refractivity contribution is 7.91. The van der Waals surface area contributed by atoms with Crippen LogP contribution in [0.25, 0.3) is 0 Å². The third-order valence-electron chi connectivity index (χ3n) is 3.20. The van der Waals surface area contributed by atoms with E-state index in [0.29, 0.717) is 18.7 Å². The van der Waals surface area contributed by atoms with Crippen LogP contribution in [0.5, 0.6) is 0 Å². The van der Waals surface area contributed by atoms with Crippen LogP contribution in [0.4, 0.5) is 0 Å². The van der Waals surface area contributed by atoms with Gasteiger partial charge in [-0.15, -0.1) is 0 Å². The molecule has 94 valence electrons. The maximum absolute atomic E-state index is 11.4. The maximum atomic E-state index is 11.4. The van der Waals surface area contributed by atoms with Crippen LogP contribution < -0.4 is 5.32 Å². The lowest BCUT2D eigenvalue weighted by molar-refractivity contribution is 0.395. The summed E-state index contributed by atoms with van der Waals surface area (Å²) >= 11 is 0. The monoisotopic (exact) mass is 254 g/mol. The van der Waals surface area contributed by atoms with Gasteiger partial charge in [-0.05, 0) is 31.9 Å². The van der Waals surface area contributed by atoms with E-state index in [1.54, 1.807) is 0 Å². The molecule has 1 N–H and O–H groups in total. The first-order chi connectivity index (χ1) is 7.89. The summed E-state index contributed by atoms with van der Waals surface area (Å²) in [6.07, 6.45) is 2.52. The fraction of sp³-hybridized carbons (Fsp3) is 0.583. The highest BCUT2D eigenvalue weighted by Crippen LogP contribution is 2.23. The average Bonchev–Trinajstić information content (AvgIpc) is 2.53. The van der Waals surface area contributed by atoms with Gasteiger partial charge < -0.3 is 5.32 Å². The van der Waals surface area contributed by atoms with Gasteiger partial charge in [0, 0.05) is 24.0 Å². The van der Waals surface area contributed by atoms with Crippen LogP contribution in [0.3, 0.4) is 0 Å². The second-order valence-corrected chi connectivity index (χ2v) is 7.25. The summed E-state index contributed by atoms with van der Waals surface area (Å²) in [6.45, 7) is 4.58. The van der Waals surface area contributed by atoms with E-state index in [0.717, 1.165) is 11.3 Å². The summed E-state index contributed by atoms with van der Waals surface area (Å²) in [4.78, 5) is 4.22. The van der Waals surface area contributed by atoms with E-state index in [-0.39, 0.29) is 11.3 Å². The largest absolute Gasteiger partial charge is 0.306 e. The van der Waals surface area contributed by atoms with Gasteiger partial charge in [-0.1, -0.05) is 6.07 Å². The van der Waals surface area contributed by atoms with Crippen LogP contribution in [0.15, 0.2) is 18.3 Å². The van der Waals surface area contributed by atoms with E-state index >= 15 is 0 Å². The topological polar surface area (TPSA) is 59.1 Å². The van der Waals surface area contributed by atoms with Gasteiger partial charge in [0.1, 0.15) is 0 Å². The van der Waals surface area contributed by atoms with Crippen LogP contribution in [-0.2, 0) is 16.4 Å². The minimum Gasteiger partial charge on any atom is -0.306 e. The molecule has 0 aliphatic carbocycles. The molecule has 0 bridgehead atoms. The molecule has 1 aliphatic rings. The van der Waals surface area contributed by atoms with Crippen molar-refractivity contribution in [2.24, 2.45) is 0 Å². The first-order valence-electron chi connectivity index (χ1n) is 5.76. The van der Waals surface area contributed by atoms with Crippen molar-refractivity contribution >= 4 is 9.84 Å². The van der Waals surface area contributed by atoms with Crippen molar-refractivity contribution in [2.75, 3.05) is 11.5 Å². The van der Waals surface area contributed by atoms with Gasteiger partial charge in [-0.25, -0.2) is 8.42 Å². The van der Waals surface area contributed by atoms with Crippen molar-refractivity contribution < 1.29 is 8.42 Å². The Morgan fingerprint density at radius 1 is 1.47 bits per heavy atom. The van der Waals surface area contributed by atoms with Crippen molar-refractivity contribution in [1.29, 1.82) is 0 Å². The molecule has 0 amide bonds. The molecule has 2 rings (SSSR count). The van der Waals surface area contributed by atoms with Crippen molar-refractivity contribution in [2.45, 2.75) is 32.4 Å². The summed E-state index contributed by atoms with van der Waals surface area (Å²) in [5.74, 6) is 0.530. The van der Waals surface area contributed by atoms with Crippen LogP contribution in [0.2, 0.25) is 0 Å². The maximum Gasteiger partial charge on any atom is 0.152 e. The number of rotatable bonds is 3. The minimum absolute atomic E-state index is 0.235. The number of pyridine rings is 1. The summed E-state index contributed by atoms with van der Waals surface area (Å²) < 4.78 is 22.9. The number of sulfone groups is 1. The number of nitrogens with zero attached hydrogens (tertiary/aromatic N) is 1. The van der Waals surface area contributed by atoms with E-state index in [2.05, 4.69) is 10.3 Å². The molecule has 1 unspecified atom stereocenters. The first kappa shape index (κ1) is 12.5. The Labute approximate surface area is 102 Å². The number of hydrogen-bond acceptors (Lipinski definition) is 4. The molecule has 5 heteroatoms. The Bertz CT molecular complexity index is 496. The molecule has 0 saturated carbocycles. The Morgan fingerprint density at radius 2 is 2.24 bits per heavy atom. The molecule has 1 aromatic rings. The Hall–Kier alpha value is -0.940. The van der Waals surface area contributed by atoms with Crippen LogP contribution in [-0.4, -0.2) is 30.4 Å². The zero-order valence-corrected chi connectivity index (χ0v) is 11.0. The molecule has 17 heavy (non-hydrogen) atoms. The minimum atomic E-state index is -2.84. The third kappa shape index (κ3) is 3.26. The Kier molecular flexibility index (Phi) is 3.23. The normalized spacial score (nSPS) is 27.2. The smallest absolute Gasteiger partial charge is 0.152 e. The lowest BCUT2D eigenvalue weighted by Gasteiger charge is -2.23. The highest BCUT2D eigenvalue weighted by Gasteiger charge is 2.37. The molecule has 4 nitrogen and oxygen atoms in total. The van der Waals surface area contributed by atoms with Gasteiger partial charge in [0.15, 0.2) is 9.84 Å². The molecule has 0 radical (unpaired) electrons. The lowest BCUT2D eigenvalue weighted by Crippen LogP contribution is -2.42. The molecule has 0 aromatic carbocycles. The van der Waals surface area contributed by atoms with Crippen molar-refractivity contribution in [3.8, 4) is 0 Å². The Balaban J connectivity index is 1.97. The summed E-state index contributed by atoms with van der Waals surface area (Å²) in [7, 11) is -2.84. The third-order valence-corrected chi connectivity index (χ3v) is 5.10. The summed E-state index contributed by atoms with van der Waals surface area (Å²) in [5, 5.41) is 3.33. The molecule has 2 heterocycles. The highest BCUT2D eigenvalue weighted by atomic mass is 32.2. The van der Waals surface area contributed by atoms with Gasteiger partial charge in [-0.2, -0.15) is 0 Å². The molecular weight excluding hydrogens is 236 g/mol. The van der Waals surface area contributed by atoms with E-state index in [1.807, 2.05) is 32.2 Å². The summed E-state index contributed by atoms with van der Waals surface area (Å²) in [6, 6.07) is 3.98. The van der Waals surface area contributed by atoms with Crippen LogP contribution >= 0.6 is 0 Å². The van der Waals surface area contributed by atoms with Gasteiger partial charge in [0.05, 0.1) is 11.5 Å². The quantitative estimate of drug-likeness (QED) is 0.876. The SMILES string of the molecule is Cc1ccc(CNC2(C)CCS(=O)(=O)C2)cn1. The van der Waals surface area contributed by atoms with E-state index in [4.69, 9.17) is 0 Å². The van der Waals surface area contributed by atoms with Gasteiger partial charge in [0.25, 0.3) is 0 Å². The van der Waals surface area contributed by atoms with Crippen LogP contribution in [0.1, 0.15) is 24.6 Å². The molecule has 1 fully saturated rings. The summed E-state index contributed by atoms with van der Waals surface area (Å²) in [5.41, 5.74) is 1.79. The standard InChI is InChI=1S/C12H18N2O2S/c1-10-3-4-11(7-13-10)8-14-12(2)5-6-17(15,16)9-12/h3-4,7,14H,5-6,8-9H2,1-2H3. The van der Waals surface area contributed by atoms with Gasteiger partial charge in [-0.3, -0.25) is 4.98 Å². The molecule has 1 atom stereocenters. The second kappa shape index (κ2) is 4.38. The number of aryl methyl sites for hydroxylation is 1. The van der Waals surface area contributed by atoms with E-state index < -0.39 is 9.84 Å². The van der Waals surface area contributed by atoms with Gasteiger partial charge in [0.2, 0.25) is 0 Å². The van der Waals surface area contributed by atoms with Crippen molar-refractivity contribution in [3.05, 3.63) is 29.6 Å². The predicted molar refractivity (Wildman–Crippen MR) is 67.5 cm³/mol. The lowest BCUT2D eigenvalue weighted by atomic mass is 10.0. The fourth-order valence-corrected chi connectivity index (χ4v) is 4.19. The fourth-order valence-electron chi connectivity index (χ4n) is 2.07. The predicted octanol–water partition coefficient (Wildman–Crippen LogP) is 1.06. The van der Waals surface area contributed by atoms with E-state index in [9.17, 15) is 8.42 Å². The van der Waals surface area contributed by atoms with Crippen molar-refractivity contribution in [1.82, 2.24) is 10.3 Å². The molecule has 1 aliphatic heterocycles. The van der Waals surface area contributed by atoms with Gasteiger partial charge >= 0.3 is 0 Å². The second-order valence-electron chi connectivity index (χ2n) is 5.06. The number of hydrogen-bond donors (Lipinski definition) is 1. The average molecular weight is 254 g/mol. The zero-order valence-electron chi connectivity index (χ0n) is 10.2. The first-order valence-corrected chi connectivity index (χ1v) is 7.58. The Morgan fingerprint density at radius 3 is 2.76 bits per heavy atom. The van der Waals surface area contributed by atoms with Crippen molar-refractivity contribution in [3.63, 3.8) is 0 Å². The molecule has 0 spiro atoms. The number of nitrogens with one attached hydrogen (secondary N) is 1. The number of aromatic nitrogens is 1. The molecular formula is C12H18N2O2S. The zero-order chi connectivity index (χ0) is 12.5. The van der Waals surface area contributed by atoms with E-state index in [1.165, 1.54) is 0 Å². The molecule has 1 saturated heterocycles.